The Kier molecular flexibility index (Phi) is 4.15. The molecule has 0 aliphatic heterocycles. The van der Waals surface area contributed by atoms with Gasteiger partial charge in [0.15, 0.2) is 0 Å². The first-order chi connectivity index (χ1) is 8.22. The van der Waals surface area contributed by atoms with Crippen molar-refractivity contribution < 1.29 is 14.6 Å². The van der Waals surface area contributed by atoms with Crippen LogP contribution in [-0.4, -0.2) is 30.0 Å². The van der Waals surface area contributed by atoms with Crippen LogP contribution in [-0.2, 0) is 9.47 Å². The van der Waals surface area contributed by atoms with E-state index in [1.54, 1.807) is 0 Å². The summed E-state index contributed by atoms with van der Waals surface area (Å²) in [6.45, 7) is 4.58. The molecule has 4 atom stereocenters. The molecule has 0 saturated heterocycles. The lowest BCUT2D eigenvalue weighted by atomic mass is 9.87. The summed E-state index contributed by atoms with van der Waals surface area (Å²) in [5, 5.41) is 9.59. The summed E-state index contributed by atoms with van der Waals surface area (Å²) < 4.78 is 11.4. The SMILES string of the molecule is CCOC1C(O)CC1OC(C)c1ccccc1. The molecule has 1 saturated carbocycles. The number of rotatable bonds is 5. The fourth-order valence-electron chi connectivity index (χ4n) is 2.17. The molecule has 4 unspecified atom stereocenters. The number of aliphatic hydroxyl groups is 1. The Labute approximate surface area is 102 Å². The van der Waals surface area contributed by atoms with Crippen LogP contribution >= 0.6 is 0 Å². The molecule has 1 aliphatic carbocycles. The highest BCUT2D eigenvalue weighted by Crippen LogP contribution is 2.31. The molecule has 0 aromatic heterocycles. The number of hydrogen-bond donors (Lipinski definition) is 1. The molecule has 0 amide bonds. The van der Waals surface area contributed by atoms with E-state index >= 15 is 0 Å². The third kappa shape index (κ3) is 2.86. The van der Waals surface area contributed by atoms with Gasteiger partial charge in [-0.25, -0.2) is 0 Å². The van der Waals surface area contributed by atoms with E-state index in [4.69, 9.17) is 9.47 Å². The second-order valence-electron chi connectivity index (χ2n) is 4.45. The summed E-state index contributed by atoms with van der Waals surface area (Å²) in [5.74, 6) is 0. The van der Waals surface area contributed by atoms with Crippen molar-refractivity contribution in [2.24, 2.45) is 0 Å². The predicted molar refractivity (Wildman–Crippen MR) is 65.8 cm³/mol. The maximum atomic E-state index is 9.59. The Hall–Kier alpha value is -0.900. The van der Waals surface area contributed by atoms with Crippen molar-refractivity contribution in [3.05, 3.63) is 35.9 Å². The van der Waals surface area contributed by atoms with Crippen molar-refractivity contribution in [1.29, 1.82) is 0 Å². The van der Waals surface area contributed by atoms with Gasteiger partial charge in [0, 0.05) is 13.0 Å². The van der Waals surface area contributed by atoms with Crippen LogP contribution in [0.15, 0.2) is 30.3 Å². The zero-order valence-corrected chi connectivity index (χ0v) is 10.4. The molecule has 1 aromatic carbocycles. The molecule has 1 fully saturated rings. The number of aliphatic hydroxyl groups excluding tert-OH is 1. The van der Waals surface area contributed by atoms with Crippen molar-refractivity contribution in [2.45, 2.75) is 44.7 Å². The molecule has 1 aliphatic rings. The van der Waals surface area contributed by atoms with Crippen LogP contribution in [0.5, 0.6) is 0 Å². The Balaban J connectivity index is 1.89. The fraction of sp³-hybridized carbons (Fsp3) is 0.571. The standard InChI is InChI=1S/C14H20O3/c1-3-16-14-12(15)9-13(14)17-10(2)11-7-5-4-6-8-11/h4-8,10,12-15H,3,9H2,1-2H3. The van der Waals surface area contributed by atoms with Gasteiger partial charge in [-0.1, -0.05) is 30.3 Å². The lowest BCUT2D eigenvalue weighted by molar-refractivity contribution is -0.204. The van der Waals surface area contributed by atoms with Crippen LogP contribution in [0, 0.1) is 0 Å². The number of hydrogen-bond acceptors (Lipinski definition) is 3. The Morgan fingerprint density at radius 2 is 2.06 bits per heavy atom. The van der Waals surface area contributed by atoms with Crippen LogP contribution < -0.4 is 0 Å². The molecule has 3 nitrogen and oxygen atoms in total. The third-order valence-corrected chi connectivity index (χ3v) is 3.23. The zero-order chi connectivity index (χ0) is 12.3. The zero-order valence-electron chi connectivity index (χ0n) is 10.4. The van der Waals surface area contributed by atoms with E-state index in [-0.39, 0.29) is 24.4 Å². The molecular weight excluding hydrogens is 216 g/mol. The minimum absolute atomic E-state index is 0.0140. The minimum atomic E-state index is -0.372. The van der Waals surface area contributed by atoms with Crippen molar-refractivity contribution in [2.75, 3.05) is 6.61 Å². The van der Waals surface area contributed by atoms with Gasteiger partial charge < -0.3 is 14.6 Å². The third-order valence-electron chi connectivity index (χ3n) is 3.23. The van der Waals surface area contributed by atoms with Gasteiger partial charge in [-0.05, 0) is 19.4 Å². The highest BCUT2D eigenvalue weighted by Gasteiger charge is 2.42. The predicted octanol–water partition coefficient (Wildman–Crippen LogP) is 2.30. The molecule has 3 heteroatoms. The highest BCUT2D eigenvalue weighted by atomic mass is 16.6. The molecule has 0 bridgehead atoms. The van der Waals surface area contributed by atoms with E-state index in [9.17, 15) is 5.11 Å². The summed E-state index contributed by atoms with van der Waals surface area (Å²) in [7, 11) is 0. The first-order valence-electron chi connectivity index (χ1n) is 6.22. The first kappa shape index (κ1) is 12.6. The van der Waals surface area contributed by atoms with Gasteiger partial charge in [0.2, 0.25) is 0 Å². The largest absolute Gasteiger partial charge is 0.390 e. The summed E-state index contributed by atoms with van der Waals surface area (Å²) in [4.78, 5) is 0. The molecule has 94 valence electrons. The van der Waals surface area contributed by atoms with Crippen molar-refractivity contribution in [1.82, 2.24) is 0 Å². The summed E-state index contributed by atoms with van der Waals surface area (Å²) in [6.07, 6.45) is 0.188. The van der Waals surface area contributed by atoms with Crippen molar-refractivity contribution >= 4 is 0 Å². The summed E-state index contributed by atoms with van der Waals surface area (Å²) >= 11 is 0. The lowest BCUT2D eigenvalue weighted by Crippen LogP contribution is -2.53. The molecular formula is C14H20O3. The monoisotopic (exact) mass is 236 g/mol. The Morgan fingerprint density at radius 1 is 1.35 bits per heavy atom. The van der Waals surface area contributed by atoms with Crippen molar-refractivity contribution in [3.63, 3.8) is 0 Å². The lowest BCUT2D eigenvalue weighted by Gasteiger charge is -2.42. The number of benzene rings is 1. The molecule has 17 heavy (non-hydrogen) atoms. The van der Waals surface area contributed by atoms with Gasteiger partial charge in [-0.2, -0.15) is 0 Å². The Morgan fingerprint density at radius 3 is 2.65 bits per heavy atom. The van der Waals surface area contributed by atoms with Crippen molar-refractivity contribution in [3.8, 4) is 0 Å². The second-order valence-corrected chi connectivity index (χ2v) is 4.45. The van der Waals surface area contributed by atoms with Gasteiger partial charge in [0.05, 0.1) is 18.3 Å². The minimum Gasteiger partial charge on any atom is -0.390 e. The summed E-state index contributed by atoms with van der Waals surface area (Å²) in [6, 6.07) is 10.1. The molecule has 0 spiro atoms. The second kappa shape index (κ2) is 5.63. The maximum absolute atomic E-state index is 9.59. The van der Waals surface area contributed by atoms with E-state index in [0.29, 0.717) is 13.0 Å². The molecule has 2 rings (SSSR count). The van der Waals surface area contributed by atoms with Gasteiger partial charge >= 0.3 is 0 Å². The fourth-order valence-corrected chi connectivity index (χ4v) is 2.17. The van der Waals surface area contributed by atoms with Gasteiger partial charge in [0.1, 0.15) is 6.10 Å². The van der Waals surface area contributed by atoms with Crippen LogP contribution in [0.2, 0.25) is 0 Å². The van der Waals surface area contributed by atoms with E-state index in [1.807, 2.05) is 32.0 Å². The van der Waals surface area contributed by atoms with E-state index in [1.165, 1.54) is 0 Å². The quantitative estimate of drug-likeness (QED) is 0.852. The van der Waals surface area contributed by atoms with Crippen LogP contribution in [0.25, 0.3) is 0 Å². The highest BCUT2D eigenvalue weighted by molar-refractivity contribution is 5.17. The van der Waals surface area contributed by atoms with Gasteiger partial charge in [0.25, 0.3) is 0 Å². The molecule has 0 heterocycles. The average Bonchev–Trinajstić information content (AvgIpc) is 2.36. The van der Waals surface area contributed by atoms with Crippen LogP contribution in [0.4, 0.5) is 0 Å². The van der Waals surface area contributed by atoms with Crippen LogP contribution in [0.1, 0.15) is 31.9 Å². The van der Waals surface area contributed by atoms with E-state index in [0.717, 1.165) is 5.56 Å². The Bertz CT molecular complexity index is 339. The molecule has 1 aromatic rings. The van der Waals surface area contributed by atoms with E-state index in [2.05, 4.69) is 12.1 Å². The van der Waals surface area contributed by atoms with Gasteiger partial charge in [-0.15, -0.1) is 0 Å². The first-order valence-corrected chi connectivity index (χ1v) is 6.22. The molecule has 0 radical (unpaired) electrons. The topological polar surface area (TPSA) is 38.7 Å². The smallest absolute Gasteiger partial charge is 0.110 e. The maximum Gasteiger partial charge on any atom is 0.110 e. The van der Waals surface area contributed by atoms with E-state index < -0.39 is 0 Å². The van der Waals surface area contributed by atoms with Crippen LogP contribution in [0.3, 0.4) is 0 Å². The average molecular weight is 236 g/mol. The normalized spacial score (nSPS) is 29.7. The summed E-state index contributed by atoms with van der Waals surface area (Å²) in [5.41, 5.74) is 1.16. The van der Waals surface area contributed by atoms with Gasteiger partial charge in [-0.3, -0.25) is 0 Å². The number of ether oxygens (including phenoxy) is 2. The molecule has 1 N–H and O–H groups in total.